The largest absolute Gasteiger partial charge is 0.312 e. The van der Waals surface area contributed by atoms with Crippen LogP contribution in [0.2, 0.25) is 0 Å². The molecule has 0 fully saturated rings. The summed E-state index contributed by atoms with van der Waals surface area (Å²) in [7, 11) is -3.99. The van der Waals surface area contributed by atoms with Crippen molar-refractivity contribution in [2.45, 2.75) is 38.0 Å². The minimum atomic E-state index is -3.99. The van der Waals surface area contributed by atoms with E-state index in [2.05, 4.69) is 5.48 Å². The fourth-order valence-corrected chi connectivity index (χ4v) is 3.56. The van der Waals surface area contributed by atoms with E-state index in [9.17, 15) is 17.2 Å². The summed E-state index contributed by atoms with van der Waals surface area (Å²) >= 11 is 0. The van der Waals surface area contributed by atoms with Gasteiger partial charge in [0.05, 0.1) is 4.90 Å². The molecule has 0 bridgehead atoms. The van der Waals surface area contributed by atoms with Gasteiger partial charge < -0.3 is 0 Å². The van der Waals surface area contributed by atoms with Crippen LogP contribution in [0.4, 0.5) is 8.78 Å². The number of aryl methyl sites for hydroxylation is 2. The van der Waals surface area contributed by atoms with Gasteiger partial charge >= 0.3 is 10.1 Å². The Hall–Kier alpha value is -2.09. The van der Waals surface area contributed by atoms with Crippen LogP contribution in [0.1, 0.15) is 30.9 Å². The molecule has 0 aliphatic carbocycles. The van der Waals surface area contributed by atoms with Crippen molar-refractivity contribution in [1.29, 1.82) is 0 Å². The molecule has 0 aliphatic heterocycles. The number of nitrogens with one attached hydrogen (secondary N) is 1. The average molecular weight is 409 g/mol. The van der Waals surface area contributed by atoms with Crippen molar-refractivity contribution in [2.24, 2.45) is 5.92 Å². The van der Waals surface area contributed by atoms with Crippen LogP contribution in [0, 0.1) is 12.8 Å². The lowest BCUT2D eigenvalue weighted by molar-refractivity contribution is 0.191. The first-order chi connectivity index (χ1) is 13.3. The molecule has 0 heterocycles. The van der Waals surface area contributed by atoms with Gasteiger partial charge in [-0.25, -0.2) is 0 Å². The number of hydrogen-bond donors (Lipinski definition) is 1. The molecule has 1 atom stereocenters. The van der Waals surface area contributed by atoms with Crippen molar-refractivity contribution in [3.63, 3.8) is 0 Å². The number of hydrogen-bond acceptors (Lipinski definition) is 4. The van der Waals surface area contributed by atoms with Crippen molar-refractivity contribution < 1.29 is 21.5 Å². The third-order valence-electron chi connectivity index (χ3n) is 4.46. The van der Waals surface area contributed by atoms with Gasteiger partial charge in [-0.2, -0.15) is 27.0 Å². The highest BCUT2D eigenvalue weighted by Crippen LogP contribution is 2.23. The van der Waals surface area contributed by atoms with Gasteiger partial charge in [0.1, 0.15) is 0 Å². The van der Waals surface area contributed by atoms with E-state index in [1.807, 2.05) is 37.3 Å². The SMILES string of the molecule is Cc1ccc(S(=O)(=O)ONCC(C)C(CCCc2ccccc2)=C(F)F)cc1. The van der Waals surface area contributed by atoms with E-state index >= 15 is 0 Å². The van der Waals surface area contributed by atoms with Crippen molar-refractivity contribution in [1.82, 2.24) is 5.48 Å². The first-order valence-electron chi connectivity index (χ1n) is 9.10. The summed E-state index contributed by atoms with van der Waals surface area (Å²) in [4.78, 5) is 0.00792. The molecule has 1 N–H and O–H groups in total. The lowest BCUT2D eigenvalue weighted by Gasteiger charge is -2.16. The molecule has 4 nitrogen and oxygen atoms in total. The second-order valence-corrected chi connectivity index (χ2v) is 8.27. The highest BCUT2D eigenvalue weighted by molar-refractivity contribution is 7.86. The first-order valence-corrected chi connectivity index (χ1v) is 10.5. The van der Waals surface area contributed by atoms with Crippen molar-refractivity contribution >= 4 is 10.1 Å². The Labute approximate surface area is 165 Å². The molecule has 0 spiro atoms. The molecular formula is C21H25F2NO3S. The molecule has 0 aliphatic rings. The molecule has 0 saturated heterocycles. The predicted octanol–water partition coefficient (Wildman–Crippen LogP) is 5.01. The average Bonchev–Trinajstić information content (AvgIpc) is 2.66. The van der Waals surface area contributed by atoms with E-state index in [1.165, 1.54) is 12.1 Å². The summed E-state index contributed by atoms with van der Waals surface area (Å²) in [5.41, 5.74) is 4.36. The number of halogens is 2. The lowest BCUT2D eigenvalue weighted by Crippen LogP contribution is -2.26. The molecule has 0 radical (unpaired) electrons. The molecule has 2 aromatic rings. The third-order valence-corrected chi connectivity index (χ3v) is 5.65. The van der Waals surface area contributed by atoms with E-state index in [1.54, 1.807) is 19.1 Å². The summed E-state index contributed by atoms with van der Waals surface area (Å²) < 4.78 is 55.7. The topological polar surface area (TPSA) is 55.4 Å². The monoisotopic (exact) mass is 409 g/mol. The first kappa shape index (κ1) is 22.2. The van der Waals surface area contributed by atoms with Gasteiger partial charge in [0.2, 0.25) is 0 Å². The summed E-state index contributed by atoms with van der Waals surface area (Å²) in [5.74, 6) is -0.561. The predicted molar refractivity (Wildman–Crippen MR) is 105 cm³/mol. The molecule has 0 aromatic heterocycles. The highest BCUT2D eigenvalue weighted by atomic mass is 32.2. The summed E-state index contributed by atoms with van der Waals surface area (Å²) in [6.07, 6.45) is -0.187. The fraction of sp³-hybridized carbons (Fsp3) is 0.333. The molecular weight excluding hydrogens is 384 g/mol. The van der Waals surface area contributed by atoms with Gasteiger partial charge in [-0.15, -0.1) is 0 Å². The maximum absolute atomic E-state index is 13.3. The van der Waals surface area contributed by atoms with Crippen LogP contribution in [0.25, 0.3) is 0 Å². The minimum absolute atomic E-state index is 0.00792. The molecule has 0 saturated carbocycles. The Morgan fingerprint density at radius 1 is 1.07 bits per heavy atom. The number of rotatable bonds is 10. The second-order valence-electron chi connectivity index (χ2n) is 6.72. The van der Waals surface area contributed by atoms with Crippen molar-refractivity contribution in [2.75, 3.05) is 6.54 Å². The third kappa shape index (κ3) is 6.82. The Bertz CT molecular complexity index is 878. The fourth-order valence-electron chi connectivity index (χ4n) is 2.77. The molecule has 0 amide bonds. The van der Waals surface area contributed by atoms with E-state index in [0.717, 1.165) is 11.1 Å². The van der Waals surface area contributed by atoms with Gasteiger partial charge in [-0.3, -0.25) is 0 Å². The summed E-state index contributed by atoms with van der Waals surface area (Å²) in [6, 6.07) is 15.9. The van der Waals surface area contributed by atoms with Gasteiger partial charge in [0, 0.05) is 6.54 Å². The molecule has 7 heteroatoms. The maximum Gasteiger partial charge on any atom is 0.312 e. The van der Waals surface area contributed by atoms with E-state index < -0.39 is 22.1 Å². The van der Waals surface area contributed by atoms with Gasteiger partial charge in [0.25, 0.3) is 6.08 Å². The number of hydroxylamine groups is 1. The minimum Gasteiger partial charge on any atom is -0.192 e. The lowest BCUT2D eigenvalue weighted by atomic mass is 9.96. The van der Waals surface area contributed by atoms with Crippen LogP contribution in [0.5, 0.6) is 0 Å². The molecule has 2 aromatic carbocycles. The highest BCUT2D eigenvalue weighted by Gasteiger charge is 2.18. The zero-order valence-electron chi connectivity index (χ0n) is 16.0. The zero-order chi connectivity index (χ0) is 20.6. The smallest absolute Gasteiger partial charge is 0.192 e. The van der Waals surface area contributed by atoms with Gasteiger partial charge in [0.15, 0.2) is 0 Å². The van der Waals surface area contributed by atoms with Crippen LogP contribution in [-0.4, -0.2) is 15.0 Å². The summed E-state index contributed by atoms with van der Waals surface area (Å²) in [6.45, 7) is 3.42. The van der Waals surface area contributed by atoms with Crippen LogP contribution < -0.4 is 5.48 Å². The van der Waals surface area contributed by atoms with E-state index in [4.69, 9.17) is 4.28 Å². The van der Waals surface area contributed by atoms with Crippen molar-refractivity contribution in [3.05, 3.63) is 77.4 Å². The molecule has 152 valence electrons. The Morgan fingerprint density at radius 3 is 2.32 bits per heavy atom. The Morgan fingerprint density at radius 2 is 1.71 bits per heavy atom. The molecule has 28 heavy (non-hydrogen) atoms. The number of benzene rings is 2. The van der Waals surface area contributed by atoms with E-state index in [-0.39, 0.29) is 23.4 Å². The van der Waals surface area contributed by atoms with Crippen LogP contribution in [-0.2, 0) is 20.8 Å². The molecule has 1 unspecified atom stereocenters. The quantitative estimate of drug-likeness (QED) is 0.560. The zero-order valence-corrected chi connectivity index (χ0v) is 16.8. The van der Waals surface area contributed by atoms with Gasteiger partial charge in [-0.05, 0) is 55.4 Å². The Balaban J connectivity index is 1.85. The second kappa shape index (κ2) is 10.5. The van der Waals surface area contributed by atoms with Crippen LogP contribution in [0.3, 0.4) is 0 Å². The van der Waals surface area contributed by atoms with Gasteiger partial charge in [-0.1, -0.05) is 55.0 Å². The van der Waals surface area contributed by atoms with Crippen LogP contribution in [0.15, 0.2) is 71.1 Å². The maximum atomic E-state index is 13.3. The normalized spacial score (nSPS) is 12.6. The van der Waals surface area contributed by atoms with Crippen molar-refractivity contribution in [3.8, 4) is 0 Å². The Kier molecular flexibility index (Phi) is 8.29. The standard InChI is InChI=1S/C21H25F2NO3S/c1-16-11-13-19(14-12-16)28(25,26)27-24-15-17(2)20(21(22)23)10-6-9-18-7-4-3-5-8-18/h3-5,7-8,11-14,17,24H,6,9-10,15H2,1-2H3. The summed E-state index contributed by atoms with van der Waals surface area (Å²) in [5, 5.41) is 0. The molecule has 2 rings (SSSR count). The van der Waals surface area contributed by atoms with E-state index in [0.29, 0.717) is 12.8 Å². The van der Waals surface area contributed by atoms with Crippen LogP contribution >= 0.6 is 0 Å².